The standard InChI is InChI=1S/C12H18ClN5/c1-12(2,3)7-5-4-6-8(13)9(7)17-11(16)18-10(14)15/h4-6H,1-3H3,(H6,14,15,16,17,18). The van der Waals surface area contributed by atoms with Gasteiger partial charge in [-0.3, -0.25) is 0 Å². The molecule has 6 heteroatoms. The van der Waals surface area contributed by atoms with Gasteiger partial charge in [-0.15, -0.1) is 0 Å². The summed E-state index contributed by atoms with van der Waals surface area (Å²) < 4.78 is 0. The van der Waals surface area contributed by atoms with Crippen molar-refractivity contribution in [2.24, 2.45) is 27.2 Å². The molecule has 0 radical (unpaired) electrons. The van der Waals surface area contributed by atoms with E-state index in [0.717, 1.165) is 5.56 Å². The van der Waals surface area contributed by atoms with Crippen LogP contribution in [0.5, 0.6) is 0 Å². The Balaban J connectivity index is 3.36. The highest BCUT2D eigenvalue weighted by Crippen LogP contribution is 2.36. The first kappa shape index (κ1) is 14.3. The second-order valence-electron chi connectivity index (χ2n) is 4.89. The summed E-state index contributed by atoms with van der Waals surface area (Å²) in [7, 11) is 0. The average Bonchev–Trinajstić information content (AvgIpc) is 2.18. The summed E-state index contributed by atoms with van der Waals surface area (Å²) >= 11 is 6.14. The molecule has 1 aromatic carbocycles. The molecule has 0 aromatic heterocycles. The van der Waals surface area contributed by atoms with Gasteiger partial charge < -0.3 is 17.2 Å². The molecule has 0 aliphatic rings. The van der Waals surface area contributed by atoms with Crippen LogP contribution in [0.4, 0.5) is 5.69 Å². The molecule has 6 N–H and O–H groups in total. The number of nitrogens with two attached hydrogens (primary N) is 3. The van der Waals surface area contributed by atoms with Crippen LogP contribution in [-0.4, -0.2) is 11.9 Å². The summed E-state index contributed by atoms with van der Waals surface area (Å²) in [6.45, 7) is 6.19. The molecule has 5 nitrogen and oxygen atoms in total. The second-order valence-corrected chi connectivity index (χ2v) is 5.30. The number of benzene rings is 1. The number of guanidine groups is 2. The van der Waals surface area contributed by atoms with Gasteiger partial charge in [0.25, 0.3) is 0 Å². The fraction of sp³-hybridized carbons (Fsp3) is 0.333. The van der Waals surface area contributed by atoms with Gasteiger partial charge in [-0.05, 0) is 17.0 Å². The van der Waals surface area contributed by atoms with Gasteiger partial charge in [0.1, 0.15) is 0 Å². The van der Waals surface area contributed by atoms with Crippen molar-refractivity contribution in [3.05, 3.63) is 28.8 Å². The zero-order valence-corrected chi connectivity index (χ0v) is 11.5. The first-order chi connectivity index (χ1) is 8.21. The quantitative estimate of drug-likeness (QED) is 0.534. The summed E-state index contributed by atoms with van der Waals surface area (Å²) in [4.78, 5) is 7.86. The molecule has 0 saturated carbocycles. The highest BCUT2D eigenvalue weighted by Gasteiger charge is 2.19. The SMILES string of the molecule is CC(C)(C)c1cccc(Cl)c1N=C(N)N=C(N)N. The molecule has 0 atom stereocenters. The van der Waals surface area contributed by atoms with E-state index in [2.05, 4.69) is 30.8 Å². The lowest BCUT2D eigenvalue weighted by Gasteiger charge is -2.21. The van der Waals surface area contributed by atoms with Crippen LogP contribution in [0.1, 0.15) is 26.3 Å². The first-order valence-electron chi connectivity index (χ1n) is 5.44. The number of rotatable bonds is 1. The number of hydrogen-bond donors (Lipinski definition) is 3. The van der Waals surface area contributed by atoms with Gasteiger partial charge in [-0.25, -0.2) is 4.99 Å². The Bertz CT molecular complexity index is 496. The highest BCUT2D eigenvalue weighted by atomic mass is 35.5. The molecule has 0 saturated heterocycles. The van der Waals surface area contributed by atoms with Gasteiger partial charge in [0.05, 0.1) is 10.7 Å². The average molecular weight is 268 g/mol. The van der Waals surface area contributed by atoms with Gasteiger partial charge >= 0.3 is 0 Å². The predicted molar refractivity (Wildman–Crippen MR) is 77.2 cm³/mol. The molecule has 98 valence electrons. The topological polar surface area (TPSA) is 103 Å². The van der Waals surface area contributed by atoms with Crippen LogP contribution in [0.2, 0.25) is 5.02 Å². The van der Waals surface area contributed by atoms with E-state index in [4.69, 9.17) is 28.8 Å². The van der Waals surface area contributed by atoms with Crippen molar-refractivity contribution in [3.8, 4) is 0 Å². The fourth-order valence-corrected chi connectivity index (χ4v) is 1.72. The van der Waals surface area contributed by atoms with Gasteiger partial charge in [0, 0.05) is 0 Å². The maximum absolute atomic E-state index is 6.14. The van der Waals surface area contributed by atoms with E-state index in [9.17, 15) is 0 Å². The lowest BCUT2D eigenvalue weighted by molar-refractivity contribution is 0.591. The van der Waals surface area contributed by atoms with E-state index >= 15 is 0 Å². The molecule has 18 heavy (non-hydrogen) atoms. The Kier molecular flexibility index (Phi) is 4.19. The van der Waals surface area contributed by atoms with E-state index in [1.807, 2.05) is 12.1 Å². The highest BCUT2D eigenvalue weighted by molar-refractivity contribution is 6.33. The van der Waals surface area contributed by atoms with Crippen LogP contribution in [0.25, 0.3) is 0 Å². The van der Waals surface area contributed by atoms with Crippen molar-refractivity contribution in [3.63, 3.8) is 0 Å². The van der Waals surface area contributed by atoms with Crippen molar-refractivity contribution >= 4 is 29.2 Å². The molecule has 0 heterocycles. The zero-order chi connectivity index (χ0) is 13.9. The van der Waals surface area contributed by atoms with Crippen LogP contribution in [0.15, 0.2) is 28.2 Å². The normalized spacial score (nSPS) is 12.3. The summed E-state index contributed by atoms with van der Waals surface area (Å²) in [5.74, 6) is -0.158. The van der Waals surface area contributed by atoms with Crippen LogP contribution in [0, 0.1) is 0 Å². The minimum absolute atomic E-state index is 0.0198. The Hall–Kier alpha value is -1.75. The number of para-hydroxylation sites is 1. The smallest absolute Gasteiger partial charge is 0.223 e. The maximum atomic E-state index is 6.14. The Morgan fingerprint density at radius 2 is 1.78 bits per heavy atom. The third-order valence-corrected chi connectivity index (χ3v) is 2.57. The minimum Gasteiger partial charge on any atom is -0.370 e. The lowest BCUT2D eigenvalue weighted by Crippen LogP contribution is -2.26. The first-order valence-corrected chi connectivity index (χ1v) is 5.82. The van der Waals surface area contributed by atoms with E-state index in [-0.39, 0.29) is 17.3 Å². The largest absolute Gasteiger partial charge is 0.370 e. The van der Waals surface area contributed by atoms with E-state index in [1.165, 1.54) is 0 Å². The van der Waals surface area contributed by atoms with E-state index < -0.39 is 0 Å². The Morgan fingerprint density at radius 3 is 2.28 bits per heavy atom. The molecule has 0 spiro atoms. The van der Waals surface area contributed by atoms with E-state index in [0.29, 0.717) is 10.7 Å². The molecule has 0 fully saturated rings. The summed E-state index contributed by atoms with van der Waals surface area (Å²) in [6, 6.07) is 5.57. The van der Waals surface area contributed by atoms with Crippen molar-refractivity contribution < 1.29 is 0 Å². The van der Waals surface area contributed by atoms with Crippen LogP contribution in [0.3, 0.4) is 0 Å². The molecule has 1 rings (SSSR count). The third-order valence-electron chi connectivity index (χ3n) is 2.26. The number of hydrogen-bond acceptors (Lipinski definition) is 1. The number of nitrogens with zero attached hydrogens (tertiary/aromatic N) is 2. The van der Waals surface area contributed by atoms with Crippen molar-refractivity contribution in [1.29, 1.82) is 0 Å². The molecule has 0 bridgehead atoms. The van der Waals surface area contributed by atoms with Gasteiger partial charge in [0.15, 0.2) is 5.96 Å². The number of halogens is 1. The summed E-state index contributed by atoms with van der Waals surface area (Å²) in [5, 5.41) is 0.510. The summed E-state index contributed by atoms with van der Waals surface area (Å²) in [6.07, 6.45) is 0. The van der Waals surface area contributed by atoms with E-state index in [1.54, 1.807) is 6.07 Å². The molecule has 0 unspecified atom stereocenters. The van der Waals surface area contributed by atoms with Crippen molar-refractivity contribution in [2.45, 2.75) is 26.2 Å². The zero-order valence-electron chi connectivity index (χ0n) is 10.7. The van der Waals surface area contributed by atoms with Crippen LogP contribution < -0.4 is 17.2 Å². The molecule has 1 aromatic rings. The van der Waals surface area contributed by atoms with Crippen molar-refractivity contribution in [2.75, 3.05) is 0 Å². The molecular formula is C12H18ClN5. The van der Waals surface area contributed by atoms with Gasteiger partial charge in [-0.1, -0.05) is 44.5 Å². The summed E-state index contributed by atoms with van der Waals surface area (Å²) in [5.41, 5.74) is 17.6. The monoisotopic (exact) mass is 267 g/mol. The Morgan fingerprint density at radius 1 is 1.17 bits per heavy atom. The molecular weight excluding hydrogens is 250 g/mol. The Labute approximate surface area is 112 Å². The molecule has 0 aliphatic heterocycles. The predicted octanol–water partition coefficient (Wildman–Crippen LogP) is 1.86. The molecule has 0 aliphatic carbocycles. The second kappa shape index (κ2) is 5.27. The van der Waals surface area contributed by atoms with Crippen LogP contribution >= 0.6 is 11.6 Å². The lowest BCUT2D eigenvalue weighted by atomic mass is 9.86. The van der Waals surface area contributed by atoms with Gasteiger partial charge in [0.2, 0.25) is 5.96 Å². The van der Waals surface area contributed by atoms with Crippen molar-refractivity contribution in [1.82, 2.24) is 0 Å². The van der Waals surface area contributed by atoms with Crippen LogP contribution in [-0.2, 0) is 5.41 Å². The van der Waals surface area contributed by atoms with Gasteiger partial charge in [-0.2, -0.15) is 4.99 Å². The maximum Gasteiger partial charge on any atom is 0.223 e. The number of aliphatic imine (C=N–C) groups is 2. The minimum atomic E-state index is -0.138. The molecule has 0 amide bonds. The fourth-order valence-electron chi connectivity index (χ4n) is 1.51. The third kappa shape index (κ3) is 3.63.